The summed E-state index contributed by atoms with van der Waals surface area (Å²) in [6.07, 6.45) is 4.11. The maximum Gasteiger partial charge on any atom is 0.0380 e. The summed E-state index contributed by atoms with van der Waals surface area (Å²) in [7, 11) is 0. The average molecular weight is 259 g/mol. The van der Waals surface area contributed by atoms with Crippen LogP contribution in [0.5, 0.6) is 0 Å². The maximum absolute atomic E-state index is 3.86. The smallest absolute Gasteiger partial charge is 0.0380 e. The van der Waals surface area contributed by atoms with Crippen molar-refractivity contribution in [1.82, 2.24) is 0 Å². The Labute approximate surface area is 118 Å². The van der Waals surface area contributed by atoms with Gasteiger partial charge in [0, 0.05) is 11.7 Å². The first-order chi connectivity index (χ1) is 8.89. The van der Waals surface area contributed by atoms with Crippen LogP contribution in [0.4, 0.5) is 5.69 Å². The predicted octanol–water partition coefficient (Wildman–Crippen LogP) is 5.22. The Morgan fingerprint density at radius 1 is 1.00 bits per heavy atom. The Morgan fingerprint density at radius 2 is 1.58 bits per heavy atom. The lowest BCUT2D eigenvalue weighted by Gasteiger charge is -2.37. The van der Waals surface area contributed by atoms with Crippen LogP contribution in [0, 0.1) is 11.8 Å². The van der Waals surface area contributed by atoms with E-state index in [0.717, 1.165) is 11.8 Å². The Kier molecular flexibility index (Phi) is 4.23. The van der Waals surface area contributed by atoms with Crippen LogP contribution in [-0.4, -0.2) is 6.04 Å². The molecule has 2 rings (SSSR count). The van der Waals surface area contributed by atoms with Gasteiger partial charge in [-0.1, -0.05) is 59.2 Å². The first-order valence-electron chi connectivity index (χ1n) is 7.75. The fraction of sp³-hybridized carbons (Fsp3) is 0.667. The number of hydrogen-bond donors (Lipinski definition) is 1. The highest BCUT2D eigenvalue weighted by molar-refractivity contribution is 5.55. The fourth-order valence-corrected chi connectivity index (χ4v) is 3.41. The topological polar surface area (TPSA) is 12.0 Å². The summed E-state index contributed by atoms with van der Waals surface area (Å²) in [5, 5.41) is 3.86. The van der Waals surface area contributed by atoms with Crippen molar-refractivity contribution in [2.45, 2.75) is 65.3 Å². The van der Waals surface area contributed by atoms with E-state index in [4.69, 9.17) is 0 Å². The Balaban J connectivity index is 2.23. The molecule has 1 nitrogen and oxygen atoms in total. The van der Waals surface area contributed by atoms with Crippen molar-refractivity contribution in [3.63, 3.8) is 0 Å². The van der Waals surface area contributed by atoms with Crippen LogP contribution in [0.15, 0.2) is 24.3 Å². The van der Waals surface area contributed by atoms with Crippen LogP contribution in [0.3, 0.4) is 0 Å². The van der Waals surface area contributed by atoms with Crippen molar-refractivity contribution in [1.29, 1.82) is 0 Å². The number of benzene rings is 1. The molecule has 0 aromatic heterocycles. The summed E-state index contributed by atoms with van der Waals surface area (Å²) < 4.78 is 0. The maximum atomic E-state index is 3.86. The SMILES string of the molecule is CC1CCCC(C)C1Nc1ccccc1C(C)(C)C. The van der Waals surface area contributed by atoms with E-state index in [9.17, 15) is 0 Å². The number of hydrogen-bond acceptors (Lipinski definition) is 1. The molecule has 1 aromatic rings. The molecule has 2 unspecified atom stereocenters. The number of anilines is 1. The summed E-state index contributed by atoms with van der Waals surface area (Å²) >= 11 is 0. The summed E-state index contributed by atoms with van der Waals surface area (Å²) in [6.45, 7) is 11.7. The molecule has 0 aliphatic heterocycles. The van der Waals surface area contributed by atoms with Gasteiger partial charge in [0.2, 0.25) is 0 Å². The van der Waals surface area contributed by atoms with E-state index >= 15 is 0 Å². The minimum Gasteiger partial charge on any atom is -0.382 e. The molecule has 1 heteroatoms. The predicted molar refractivity (Wildman–Crippen MR) is 84.7 cm³/mol. The molecule has 1 N–H and O–H groups in total. The minimum absolute atomic E-state index is 0.199. The highest BCUT2D eigenvalue weighted by Crippen LogP contribution is 2.35. The van der Waals surface area contributed by atoms with Crippen LogP contribution >= 0.6 is 0 Å². The zero-order chi connectivity index (χ0) is 14.0. The van der Waals surface area contributed by atoms with E-state index in [1.165, 1.54) is 30.5 Å². The lowest BCUT2D eigenvalue weighted by molar-refractivity contribution is 0.268. The lowest BCUT2D eigenvalue weighted by Crippen LogP contribution is -2.37. The zero-order valence-corrected chi connectivity index (χ0v) is 13.2. The molecule has 0 saturated heterocycles. The molecule has 1 aliphatic carbocycles. The van der Waals surface area contributed by atoms with E-state index < -0.39 is 0 Å². The van der Waals surface area contributed by atoms with Crippen molar-refractivity contribution < 1.29 is 0 Å². The summed E-state index contributed by atoms with van der Waals surface area (Å²) in [4.78, 5) is 0. The summed E-state index contributed by atoms with van der Waals surface area (Å²) in [5.41, 5.74) is 2.96. The standard InChI is InChI=1S/C18H29N/c1-13-9-8-10-14(2)17(13)19-16-12-7-6-11-15(16)18(3,4)5/h6-7,11-14,17,19H,8-10H2,1-5H3. The van der Waals surface area contributed by atoms with E-state index in [0.29, 0.717) is 6.04 Å². The molecule has 106 valence electrons. The van der Waals surface area contributed by atoms with Gasteiger partial charge in [0.15, 0.2) is 0 Å². The van der Waals surface area contributed by atoms with Gasteiger partial charge in [0.25, 0.3) is 0 Å². The van der Waals surface area contributed by atoms with Gasteiger partial charge in [-0.05, 0) is 41.7 Å². The summed E-state index contributed by atoms with van der Waals surface area (Å²) in [5.74, 6) is 1.55. The van der Waals surface area contributed by atoms with Gasteiger partial charge in [0.1, 0.15) is 0 Å². The first-order valence-corrected chi connectivity index (χ1v) is 7.75. The molecule has 19 heavy (non-hydrogen) atoms. The molecule has 1 saturated carbocycles. The van der Waals surface area contributed by atoms with Gasteiger partial charge in [-0.25, -0.2) is 0 Å². The largest absolute Gasteiger partial charge is 0.382 e. The van der Waals surface area contributed by atoms with Gasteiger partial charge in [-0.2, -0.15) is 0 Å². The van der Waals surface area contributed by atoms with Crippen LogP contribution in [0.1, 0.15) is 59.4 Å². The fourth-order valence-electron chi connectivity index (χ4n) is 3.41. The molecular formula is C18H29N. The van der Waals surface area contributed by atoms with Crippen molar-refractivity contribution in [2.24, 2.45) is 11.8 Å². The van der Waals surface area contributed by atoms with Crippen LogP contribution in [0.25, 0.3) is 0 Å². The molecule has 2 atom stereocenters. The van der Waals surface area contributed by atoms with Gasteiger partial charge >= 0.3 is 0 Å². The highest BCUT2D eigenvalue weighted by atomic mass is 14.9. The monoisotopic (exact) mass is 259 g/mol. The summed E-state index contributed by atoms with van der Waals surface area (Å²) in [6, 6.07) is 9.43. The van der Waals surface area contributed by atoms with E-state index in [-0.39, 0.29) is 5.41 Å². The first kappa shape index (κ1) is 14.4. The molecule has 0 radical (unpaired) electrons. The number of rotatable bonds is 2. The third kappa shape index (κ3) is 3.32. The number of nitrogens with one attached hydrogen (secondary N) is 1. The van der Waals surface area contributed by atoms with E-state index in [1.807, 2.05) is 0 Å². The van der Waals surface area contributed by atoms with Crippen LogP contribution in [0.2, 0.25) is 0 Å². The molecule has 0 bridgehead atoms. The van der Waals surface area contributed by atoms with Crippen molar-refractivity contribution in [2.75, 3.05) is 5.32 Å². The van der Waals surface area contributed by atoms with Crippen molar-refractivity contribution in [3.05, 3.63) is 29.8 Å². The second-order valence-corrected chi connectivity index (χ2v) is 7.35. The average Bonchev–Trinajstić information content (AvgIpc) is 2.33. The van der Waals surface area contributed by atoms with Gasteiger partial charge < -0.3 is 5.32 Å². The van der Waals surface area contributed by atoms with Crippen molar-refractivity contribution >= 4 is 5.69 Å². The second-order valence-electron chi connectivity index (χ2n) is 7.35. The molecule has 1 aliphatic rings. The van der Waals surface area contributed by atoms with E-state index in [2.05, 4.69) is 64.2 Å². The highest BCUT2D eigenvalue weighted by Gasteiger charge is 2.28. The zero-order valence-electron chi connectivity index (χ0n) is 13.2. The molecule has 0 spiro atoms. The second kappa shape index (κ2) is 5.56. The van der Waals surface area contributed by atoms with Crippen LogP contribution < -0.4 is 5.32 Å². The Morgan fingerprint density at radius 3 is 2.16 bits per heavy atom. The number of para-hydroxylation sites is 1. The molecular weight excluding hydrogens is 230 g/mol. The minimum atomic E-state index is 0.199. The van der Waals surface area contributed by atoms with Crippen molar-refractivity contribution in [3.8, 4) is 0 Å². The third-order valence-corrected chi connectivity index (χ3v) is 4.60. The quantitative estimate of drug-likeness (QED) is 0.767. The van der Waals surface area contributed by atoms with E-state index in [1.54, 1.807) is 0 Å². The van der Waals surface area contributed by atoms with Gasteiger partial charge in [-0.15, -0.1) is 0 Å². The van der Waals surface area contributed by atoms with Gasteiger partial charge in [-0.3, -0.25) is 0 Å². The Bertz CT molecular complexity index is 406. The molecule has 1 fully saturated rings. The third-order valence-electron chi connectivity index (χ3n) is 4.60. The lowest BCUT2D eigenvalue weighted by atomic mass is 9.78. The molecule has 1 aromatic carbocycles. The normalized spacial score (nSPS) is 28.2. The van der Waals surface area contributed by atoms with Crippen LogP contribution in [-0.2, 0) is 5.41 Å². The molecule has 0 heterocycles. The Hall–Kier alpha value is -0.980. The molecule has 0 amide bonds. The van der Waals surface area contributed by atoms with Gasteiger partial charge in [0.05, 0.1) is 0 Å².